The van der Waals surface area contributed by atoms with Gasteiger partial charge >= 0.3 is 6.03 Å². The third kappa shape index (κ3) is 3.93. The summed E-state index contributed by atoms with van der Waals surface area (Å²) < 4.78 is 1.91. The lowest BCUT2D eigenvalue weighted by Crippen LogP contribution is -2.37. The van der Waals surface area contributed by atoms with Crippen LogP contribution in [0.5, 0.6) is 0 Å². The molecule has 2 N–H and O–H groups in total. The first-order valence-electron chi connectivity index (χ1n) is 8.19. The Balaban J connectivity index is 1.72. The molecule has 0 aliphatic heterocycles. The number of rotatable bonds is 7. The Kier molecular flexibility index (Phi) is 5.15. The number of hydrogen-bond donors (Lipinski definition) is 2. The highest BCUT2D eigenvalue weighted by atomic mass is 32.1. The van der Waals surface area contributed by atoms with Gasteiger partial charge in [0.15, 0.2) is 0 Å². The zero-order valence-electron chi connectivity index (χ0n) is 14.0. The number of amides is 2. The third-order valence-corrected chi connectivity index (χ3v) is 5.01. The van der Waals surface area contributed by atoms with Crippen LogP contribution >= 0.6 is 11.3 Å². The van der Waals surface area contributed by atoms with Gasteiger partial charge in [-0.15, -0.1) is 11.3 Å². The van der Waals surface area contributed by atoms with E-state index in [9.17, 15) is 9.90 Å². The van der Waals surface area contributed by atoms with E-state index in [4.69, 9.17) is 0 Å². The van der Waals surface area contributed by atoms with Crippen LogP contribution in [-0.2, 0) is 6.54 Å². The fourth-order valence-corrected chi connectivity index (χ4v) is 3.39. The molecule has 1 aliphatic carbocycles. The second kappa shape index (κ2) is 7.31. The van der Waals surface area contributed by atoms with Gasteiger partial charge in [-0.25, -0.2) is 14.5 Å². The van der Waals surface area contributed by atoms with Gasteiger partial charge in [0.2, 0.25) is 0 Å². The van der Waals surface area contributed by atoms with Crippen molar-refractivity contribution in [3.8, 4) is 0 Å². The fraction of sp³-hybridized carbons (Fsp3) is 0.562. The lowest BCUT2D eigenvalue weighted by molar-refractivity contribution is 0.185. The Morgan fingerprint density at radius 2 is 2.38 bits per heavy atom. The summed E-state index contributed by atoms with van der Waals surface area (Å²) in [7, 11) is 0. The van der Waals surface area contributed by atoms with Gasteiger partial charge < -0.3 is 10.0 Å². The monoisotopic (exact) mass is 349 g/mol. The van der Waals surface area contributed by atoms with Gasteiger partial charge in [-0.3, -0.25) is 5.32 Å². The number of anilines is 1. The van der Waals surface area contributed by atoms with E-state index < -0.39 is 0 Å². The summed E-state index contributed by atoms with van der Waals surface area (Å²) in [6, 6.07) is 1.92. The van der Waals surface area contributed by atoms with Crippen molar-refractivity contribution in [1.82, 2.24) is 19.7 Å². The molecular weight excluding hydrogens is 326 g/mol. The first-order chi connectivity index (χ1) is 11.6. The van der Waals surface area contributed by atoms with Crippen LogP contribution in [0.1, 0.15) is 36.5 Å². The summed E-state index contributed by atoms with van der Waals surface area (Å²) in [5.74, 6) is 1.35. The minimum atomic E-state index is -0.247. The molecule has 2 aromatic rings. The van der Waals surface area contributed by atoms with Crippen molar-refractivity contribution < 1.29 is 9.90 Å². The number of carbonyl (C=O) groups excluding carboxylic acids is 1. The first-order valence-corrected chi connectivity index (χ1v) is 9.07. The Morgan fingerprint density at radius 1 is 1.58 bits per heavy atom. The molecule has 2 aromatic heterocycles. The predicted molar refractivity (Wildman–Crippen MR) is 93.0 cm³/mol. The number of urea groups is 1. The van der Waals surface area contributed by atoms with Gasteiger partial charge in [-0.2, -0.15) is 5.10 Å². The molecule has 0 aromatic carbocycles. The molecule has 1 fully saturated rings. The summed E-state index contributed by atoms with van der Waals surface area (Å²) in [4.78, 5) is 18.4. The maximum absolute atomic E-state index is 12.6. The van der Waals surface area contributed by atoms with E-state index >= 15 is 0 Å². The van der Waals surface area contributed by atoms with Crippen molar-refractivity contribution in [3.63, 3.8) is 0 Å². The molecule has 0 bridgehead atoms. The van der Waals surface area contributed by atoms with E-state index in [0.717, 1.165) is 10.7 Å². The first kappa shape index (κ1) is 16.9. The number of aliphatic hydroxyl groups is 1. The quantitative estimate of drug-likeness (QED) is 0.805. The molecule has 0 unspecified atom stereocenters. The van der Waals surface area contributed by atoms with Crippen molar-refractivity contribution in [3.05, 3.63) is 28.3 Å². The van der Waals surface area contributed by atoms with Crippen LogP contribution in [0.3, 0.4) is 0 Å². The molecule has 2 heterocycles. The number of nitrogens with one attached hydrogen (secondary N) is 1. The van der Waals surface area contributed by atoms with Crippen LogP contribution in [0.25, 0.3) is 0 Å². The van der Waals surface area contributed by atoms with Crippen LogP contribution < -0.4 is 5.32 Å². The van der Waals surface area contributed by atoms with Crippen molar-refractivity contribution in [2.24, 2.45) is 5.92 Å². The van der Waals surface area contributed by atoms with Crippen LogP contribution in [0.15, 0.2) is 17.6 Å². The Morgan fingerprint density at radius 3 is 3.00 bits per heavy atom. The molecule has 2 amide bonds. The van der Waals surface area contributed by atoms with E-state index in [-0.39, 0.29) is 25.2 Å². The molecule has 0 radical (unpaired) electrons. The molecule has 3 rings (SSSR count). The molecule has 8 heteroatoms. The largest absolute Gasteiger partial charge is 0.395 e. The summed E-state index contributed by atoms with van der Waals surface area (Å²) >= 11 is 1.49. The average molecular weight is 349 g/mol. The molecule has 130 valence electrons. The molecular formula is C16H23N5O2S. The minimum absolute atomic E-state index is 0.0877. The number of nitrogens with zero attached hydrogens (tertiary/aromatic N) is 4. The highest BCUT2D eigenvalue weighted by Gasteiger charge is 2.31. The smallest absolute Gasteiger partial charge is 0.323 e. The standard InChI is InChI=1S/C16H23N5O2S/c1-11-9-14(21(19-11)12(2)13-3-4-13)18-16(23)20(6-7-22)10-15-17-5-8-24-15/h5,8-9,12-13,22H,3-4,6-7,10H2,1-2H3,(H,18,23)/t12-/m1/s1. The molecule has 24 heavy (non-hydrogen) atoms. The van der Waals surface area contributed by atoms with Gasteiger partial charge in [0.1, 0.15) is 10.8 Å². The number of aliphatic hydroxyl groups excluding tert-OH is 1. The van der Waals surface area contributed by atoms with E-state index in [1.54, 1.807) is 11.1 Å². The fourth-order valence-electron chi connectivity index (χ4n) is 2.75. The maximum Gasteiger partial charge on any atom is 0.323 e. The number of hydrogen-bond acceptors (Lipinski definition) is 5. The summed E-state index contributed by atoms with van der Waals surface area (Å²) in [5.41, 5.74) is 0.881. The van der Waals surface area contributed by atoms with Crippen molar-refractivity contribution >= 4 is 23.2 Å². The van der Waals surface area contributed by atoms with E-state index in [1.165, 1.54) is 24.2 Å². The Hall–Kier alpha value is -1.93. The van der Waals surface area contributed by atoms with E-state index in [0.29, 0.717) is 18.3 Å². The van der Waals surface area contributed by atoms with Gasteiger partial charge in [-0.1, -0.05) is 0 Å². The predicted octanol–water partition coefficient (Wildman–Crippen LogP) is 2.65. The van der Waals surface area contributed by atoms with Crippen molar-refractivity contribution in [1.29, 1.82) is 0 Å². The average Bonchev–Trinajstić information content (AvgIpc) is 3.16. The summed E-state index contributed by atoms with van der Waals surface area (Å²) in [6.45, 7) is 4.62. The van der Waals surface area contributed by atoms with Gasteiger partial charge in [0.05, 0.1) is 24.9 Å². The summed E-state index contributed by atoms with van der Waals surface area (Å²) in [5, 5.41) is 19.4. The number of carbonyl (C=O) groups is 1. The second-order valence-electron chi connectivity index (χ2n) is 6.19. The lowest BCUT2D eigenvalue weighted by Gasteiger charge is -2.22. The highest BCUT2D eigenvalue weighted by Crippen LogP contribution is 2.40. The lowest BCUT2D eigenvalue weighted by atomic mass is 10.2. The Bertz CT molecular complexity index is 681. The minimum Gasteiger partial charge on any atom is -0.395 e. The second-order valence-corrected chi connectivity index (χ2v) is 7.17. The van der Waals surface area contributed by atoms with E-state index in [2.05, 4.69) is 22.3 Å². The van der Waals surface area contributed by atoms with Crippen molar-refractivity contribution in [2.45, 2.75) is 39.3 Å². The number of aromatic nitrogens is 3. The van der Waals surface area contributed by atoms with Crippen molar-refractivity contribution in [2.75, 3.05) is 18.5 Å². The summed E-state index contributed by atoms with van der Waals surface area (Å²) in [6.07, 6.45) is 4.15. The number of aryl methyl sites for hydroxylation is 1. The third-order valence-electron chi connectivity index (χ3n) is 4.25. The molecule has 0 saturated heterocycles. The van der Waals surface area contributed by atoms with Crippen LogP contribution in [0.4, 0.5) is 10.6 Å². The molecule has 1 saturated carbocycles. The highest BCUT2D eigenvalue weighted by molar-refractivity contribution is 7.09. The van der Waals surface area contributed by atoms with Crippen LogP contribution in [-0.4, -0.2) is 44.0 Å². The molecule has 1 atom stereocenters. The van der Waals surface area contributed by atoms with Gasteiger partial charge in [-0.05, 0) is 32.6 Å². The normalized spacial score (nSPS) is 15.3. The zero-order valence-corrected chi connectivity index (χ0v) is 14.8. The van der Waals surface area contributed by atoms with Gasteiger partial charge in [0, 0.05) is 24.2 Å². The topological polar surface area (TPSA) is 83.3 Å². The Labute approximate surface area is 145 Å². The maximum atomic E-state index is 12.6. The zero-order chi connectivity index (χ0) is 17.1. The number of thiazole rings is 1. The van der Waals surface area contributed by atoms with Crippen LogP contribution in [0, 0.1) is 12.8 Å². The molecule has 1 aliphatic rings. The SMILES string of the molecule is Cc1cc(NC(=O)N(CCO)Cc2nccs2)n([C@H](C)C2CC2)n1. The van der Waals surface area contributed by atoms with Gasteiger partial charge in [0.25, 0.3) is 0 Å². The van der Waals surface area contributed by atoms with Crippen LogP contribution in [0.2, 0.25) is 0 Å². The van der Waals surface area contributed by atoms with E-state index in [1.807, 2.05) is 23.1 Å². The molecule has 0 spiro atoms. The molecule has 7 nitrogen and oxygen atoms in total.